The van der Waals surface area contributed by atoms with Crippen molar-refractivity contribution < 1.29 is 8.42 Å². The van der Waals surface area contributed by atoms with Crippen molar-refractivity contribution in [1.82, 2.24) is 14.5 Å². The third-order valence-electron chi connectivity index (χ3n) is 3.00. The van der Waals surface area contributed by atoms with E-state index in [1.54, 1.807) is 42.1 Å². The molecule has 2 aromatic heterocycles. The molecule has 0 atom stereocenters. The van der Waals surface area contributed by atoms with Crippen molar-refractivity contribution >= 4 is 32.3 Å². The fraction of sp³-hybridized carbons (Fsp3) is 0.0769. The summed E-state index contributed by atoms with van der Waals surface area (Å²) in [4.78, 5) is 8.02. The van der Waals surface area contributed by atoms with Crippen LogP contribution in [-0.2, 0) is 17.1 Å². The number of fused-ring (bicyclic) bond motifs is 1. The lowest BCUT2D eigenvalue weighted by atomic mass is 10.1. The van der Waals surface area contributed by atoms with Gasteiger partial charge >= 0.3 is 0 Å². The molecular formula is C13H13N5O2S. The van der Waals surface area contributed by atoms with Gasteiger partial charge in [0, 0.05) is 24.8 Å². The molecule has 3 N–H and O–H groups in total. The third kappa shape index (κ3) is 2.40. The van der Waals surface area contributed by atoms with Gasteiger partial charge in [-0.3, -0.25) is 9.71 Å². The standard InChI is InChI=1S/C13H13N5O2S/c1-18-7-12(16-8-18)21(19,20)17-11-5-4-10(14)13-9(11)3-2-6-15-13/h2-8,17H,14H2,1H3. The molecule has 0 aliphatic carbocycles. The summed E-state index contributed by atoms with van der Waals surface area (Å²) in [6, 6.07) is 6.71. The van der Waals surface area contributed by atoms with E-state index in [9.17, 15) is 8.42 Å². The SMILES string of the molecule is Cn1cnc(S(=O)(=O)Nc2ccc(N)c3ncccc23)c1. The minimum atomic E-state index is -3.75. The largest absolute Gasteiger partial charge is 0.397 e. The first-order valence-corrected chi connectivity index (χ1v) is 7.60. The lowest BCUT2D eigenvalue weighted by Crippen LogP contribution is -2.14. The Hall–Kier alpha value is -2.61. The molecule has 0 aliphatic rings. The maximum absolute atomic E-state index is 12.3. The number of sulfonamides is 1. The van der Waals surface area contributed by atoms with Crippen molar-refractivity contribution in [2.24, 2.45) is 7.05 Å². The number of nitrogen functional groups attached to an aromatic ring is 1. The highest BCUT2D eigenvalue weighted by molar-refractivity contribution is 7.92. The number of pyridine rings is 1. The molecule has 8 heteroatoms. The van der Waals surface area contributed by atoms with Gasteiger partial charge in [-0.05, 0) is 24.3 Å². The van der Waals surface area contributed by atoms with E-state index in [0.717, 1.165) is 0 Å². The van der Waals surface area contributed by atoms with Gasteiger partial charge < -0.3 is 10.3 Å². The quantitative estimate of drug-likeness (QED) is 0.711. The number of nitrogens with two attached hydrogens (primary N) is 1. The summed E-state index contributed by atoms with van der Waals surface area (Å²) < 4.78 is 28.7. The first-order valence-electron chi connectivity index (χ1n) is 6.11. The highest BCUT2D eigenvalue weighted by atomic mass is 32.2. The van der Waals surface area contributed by atoms with Crippen molar-refractivity contribution in [1.29, 1.82) is 0 Å². The molecule has 0 amide bonds. The zero-order valence-corrected chi connectivity index (χ0v) is 12.0. The van der Waals surface area contributed by atoms with Crippen LogP contribution in [0.15, 0.2) is 48.0 Å². The molecule has 3 aromatic rings. The second kappa shape index (κ2) is 4.74. The summed E-state index contributed by atoms with van der Waals surface area (Å²) in [6.45, 7) is 0. The minimum Gasteiger partial charge on any atom is -0.397 e. The molecule has 108 valence electrons. The van der Waals surface area contributed by atoms with Crippen molar-refractivity contribution in [2.75, 3.05) is 10.5 Å². The van der Waals surface area contributed by atoms with Crippen LogP contribution in [0.1, 0.15) is 0 Å². The zero-order valence-electron chi connectivity index (χ0n) is 11.2. The summed E-state index contributed by atoms with van der Waals surface area (Å²) in [5, 5.41) is 0.593. The maximum atomic E-state index is 12.3. The van der Waals surface area contributed by atoms with Crippen LogP contribution in [0.4, 0.5) is 11.4 Å². The van der Waals surface area contributed by atoms with Gasteiger partial charge in [-0.15, -0.1) is 0 Å². The van der Waals surface area contributed by atoms with Gasteiger partial charge in [0.15, 0.2) is 5.03 Å². The molecule has 2 heterocycles. The van der Waals surface area contributed by atoms with Crippen LogP contribution in [0.25, 0.3) is 10.9 Å². The number of aromatic nitrogens is 3. The molecule has 1 aromatic carbocycles. The van der Waals surface area contributed by atoms with Crippen LogP contribution >= 0.6 is 0 Å². The van der Waals surface area contributed by atoms with Crippen molar-refractivity contribution in [3.8, 4) is 0 Å². The Labute approximate surface area is 121 Å². The lowest BCUT2D eigenvalue weighted by molar-refractivity contribution is 0.598. The lowest BCUT2D eigenvalue weighted by Gasteiger charge is -2.10. The van der Waals surface area contributed by atoms with Crippen LogP contribution in [-0.4, -0.2) is 23.0 Å². The van der Waals surface area contributed by atoms with Gasteiger partial charge in [0.25, 0.3) is 10.0 Å². The molecule has 21 heavy (non-hydrogen) atoms. The molecule has 0 fully saturated rings. The summed E-state index contributed by atoms with van der Waals surface area (Å²) >= 11 is 0. The number of anilines is 2. The number of benzene rings is 1. The highest BCUT2D eigenvalue weighted by Crippen LogP contribution is 2.27. The summed E-state index contributed by atoms with van der Waals surface area (Å²) in [5.41, 5.74) is 7.31. The number of rotatable bonds is 3. The van der Waals surface area contributed by atoms with E-state index in [-0.39, 0.29) is 5.03 Å². The molecule has 7 nitrogen and oxygen atoms in total. The summed E-state index contributed by atoms with van der Waals surface area (Å²) in [6.07, 6.45) is 4.47. The Bertz CT molecular complexity index is 917. The Kier molecular flexibility index (Phi) is 3.02. The van der Waals surface area contributed by atoms with E-state index in [1.807, 2.05) is 0 Å². The number of aryl methyl sites for hydroxylation is 1. The predicted octanol–water partition coefficient (Wildman–Crippen LogP) is 1.35. The Morgan fingerprint density at radius 3 is 2.76 bits per heavy atom. The predicted molar refractivity (Wildman–Crippen MR) is 80.2 cm³/mol. The maximum Gasteiger partial charge on any atom is 0.280 e. The molecule has 0 saturated heterocycles. The normalized spacial score (nSPS) is 11.7. The molecule has 0 radical (unpaired) electrons. The van der Waals surface area contributed by atoms with Crippen molar-refractivity contribution in [2.45, 2.75) is 5.03 Å². The molecular weight excluding hydrogens is 290 g/mol. The minimum absolute atomic E-state index is 0.0427. The number of nitrogens with zero attached hydrogens (tertiary/aromatic N) is 3. The van der Waals surface area contributed by atoms with E-state index in [1.165, 1.54) is 12.5 Å². The monoisotopic (exact) mass is 303 g/mol. The third-order valence-corrected chi connectivity index (χ3v) is 4.25. The number of hydrogen-bond donors (Lipinski definition) is 2. The molecule has 0 bridgehead atoms. The van der Waals surface area contributed by atoms with Crippen LogP contribution in [0.5, 0.6) is 0 Å². The van der Waals surface area contributed by atoms with Crippen LogP contribution in [0.2, 0.25) is 0 Å². The van der Waals surface area contributed by atoms with Gasteiger partial charge in [0.05, 0.1) is 23.2 Å². The van der Waals surface area contributed by atoms with Gasteiger partial charge in [0.2, 0.25) is 0 Å². The van der Waals surface area contributed by atoms with E-state index in [4.69, 9.17) is 5.73 Å². The molecule has 0 saturated carbocycles. The van der Waals surface area contributed by atoms with E-state index in [0.29, 0.717) is 22.3 Å². The zero-order chi connectivity index (χ0) is 15.0. The van der Waals surface area contributed by atoms with Gasteiger partial charge in [-0.1, -0.05) is 0 Å². The molecule has 0 spiro atoms. The van der Waals surface area contributed by atoms with Crippen molar-refractivity contribution in [3.63, 3.8) is 0 Å². The average molecular weight is 303 g/mol. The van der Waals surface area contributed by atoms with E-state index >= 15 is 0 Å². The fourth-order valence-corrected chi connectivity index (χ4v) is 3.07. The van der Waals surface area contributed by atoms with E-state index < -0.39 is 10.0 Å². The van der Waals surface area contributed by atoms with Crippen molar-refractivity contribution in [3.05, 3.63) is 43.0 Å². The average Bonchev–Trinajstić information content (AvgIpc) is 2.90. The number of nitrogens with one attached hydrogen (secondary N) is 1. The second-order valence-electron chi connectivity index (χ2n) is 4.58. The highest BCUT2D eigenvalue weighted by Gasteiger charge is 2.18. The fourth-order valence-electron chi connectivity index (χ4n) is 2.01. The number of hydrogen-bond acceptors (Lipinski definition) is 5. The molecule has 0 aliphatic heterocycles. The first kappa shape index (κ1) is 13.4. The Morgan fingerprint density at radius 1 is 1.24 bits per heavy atom. The summed E-state index contributed by atoms with van der Waals surface area (Å²) in [7, 11) is -2.04. The summed E-state index contributed by atoms with van der Waals surface area (Å²) in [5.74, 6) is 0. The number of imidazole rings is 1. The van der Waals surface area contributed by atoms with E-state index in [2.05, 4.69) is 14.7 Å². The Balaban J connectivity index is 2.08. The molecule has 0 unspecified atom stereocenters. The Morgan fingerprint density at radius 2 is 2.05 bits per heavy atom. The molecule has 3 rings (SSSR count). The van der Waals surface area contributed by atoms with Gasteiger partial charge in [0.1, 0.15) is 0 Å². The van der Waals surface area contributed by atoms with Crippen LogP contribution in [0.3, 0.4) is 0 Å². The second-order valence-corrected chi connectivity index (χ2v) is 6.21. The topological polar surface area (TPSA) is 103 Å². The smallest absolute Gasteiger partial charge is 0.280 e. The van der Waals surface area contributed by atoms with Crippen LogP contribution in [0, 0.1) is 0 Å². The van der Waals surface area contributed by atoms with Crippen LogP contribution < -0.4 is 10.5 Å². The first-order chi connectivity index (χ1) is 9.97. The van der Waals surface area contributed by atoms with Gasteiger partial charge in [-0.25, -0.2) is 4.98 Å². The van der Waals surface area contributed by atoms with Gasteiger partial charge in [-0.2, -0.15) is 8.42 Å².